The molecule has 0 bridgehead atoms. The molecule has 2 aromatic rings. The second kappa shape index (κ2) is 6.16. The van der Waals surface area contributed by atoms with Crippen molar-refractivity contribution in [2.45, 2.75) is 31.3 Å². The number of aryl methyl sites for hydroxylation is 1. The summed E-state index contributed by atoms with van der Waals surface area (Å²) in [6.07, 6.45) is 7.22. The summed E-state index contributed by atoms with van der Waals surface area (Å²) in [5.41, 5.74) is 0.487. The van der Waals surface area contributed by atoms with Crippen LogP contribution >= 0.6 is 0 Å². The lowest BCUT2D eigenvalue weighted by atomic mass is 10.1. The maximum absolute atomic E-state index is 14.0. The van der Waals surface area contributed by atoms with E-state index in [1.54, 1.807) is 0 Å². The molecule has 4 nitrogen and oxygen atoms in total. The molecule has 1 aromatic carbocycles. The van der Waals surface area contributed by atoms with Gasteiger partial charge < -0.3 is 14.8 Å². The maximum atomic E-state index is 14.0. The molecule has 1 aliphatic carbocycles. The molecule has 2 atom stereocenters. The molecule has 0 amide bonds. The standard InChI is InChI=1S/C18H22F2N4/c1-23-9-7-21-18(23)17(12-2-3-12)22-14-6-8-24(11-14)16-5-4-13(19)10-15(16)20/h4-5,7,9-10,12,14,17,22H,2-3,6,8,11H2,1H3/t14-,17-/m1/s1. The third-order valence-electron chi connectivity index (χ3n) is 5.08. The quantitative estimate of drug-likeness (QED) is 0.914. The molecule has 1 aliphatic heterocycles. The summed E-state index contributed by atoms with van der Waals surface area (Å²) in [5.74, 6) is 0.693. The number of benzene rings is 1. The van der Waals surface area contributed by atoms with Crippen molar-refractivity contribution in [1.29, 1.82) is 0 Å². The Hall–Kier alpha value is -1.95. The molecule has 128 valence electrons. The van der Waals surface area contributed by atoms with E-state index in [0.717, 1.165) is 31.4 Å². The fourth-order valence-corrected chi connectivity index (χ4v) is 3.63. The summed E-state index contributed by atoms with van der Waals surface area (Å²) in [4.78, 5) is 6.50. The SMILES string of the molecule is Cn1ccnc1[C@H](N[C@@H]1CCN(c2ccc(F)cc2F)C1)C1CC1. The summed E-state index contributed by atoms with van der Waals surface area (Å²) in [5, 5.41) is 3.73. The van der Waals surface area contributed by atoms with Crippen molar-refractivity contribution >= 4 is 5.69 Å². The minimum atomic E-state index is -0.534. The highest BCUT2D eigenvalue weighted by Crippen LogP contribution is 2.41. The van der Waals surface area contributed by atoms with Gasteiger partial charge in [-0.15, -0.1) is 0 Å². The Morgan fingerprint density at radius 2 is 2.08 bits per heavy atom. The Labute approximate surface area is 140 Å². The van der Waals surface area contributed by atoms with Crippen LogP contribution in [0.15, 0.2) is 30.6 Å². The molecular weight excluding hydrogens is 310 g/mol. The molecule has 1 aromatic heterocycles. The number of rotatable bonds is 5. The first-order chi connectivity index (χ1) is 11.6. The van der Waals surface area contributed by atoms with Gasteiger partial charge in [0.25, 0.3) is 0 Å². The van der Waals surface area contributed by atoms with Gasteiger partial charge in [0.05, 0.1) is 11.7 Å². The Morgan fingerprint density at radius 3 is 2.75 bits per heavy atom. The van der Waals surface area contributed by atoms with Gasteiger partial charge in [0, 0.05) is 44.6 Å². The van der Waals surface area contributed by atoms with Crippen LogP contribution in [-0.4, -0.2) is 28.7 Å². The normalized spacial score (nSPS) is 22.1. The van der Waals surface area contributed by atoms with E-state index >= 15 is 0 Å². The molecule has 1 saturated heterocycles. The van der Waals surface area contributed by atoms with E-state index < -0.39 is 11.6 Å². The van der Waals surface area contributed by atoms with E-state index in [1.807, 2.05) is 24.3 Å². The largest absolute Gasteiger partial charge is 0.368 e. The Kier molecular flexibility index (Phi) is 4.00. The number of anilines is 1. The molecule has 2 fully saturated rings. The molecule has 0 unspecified atom stereocenters. The van der Waals surface area contributed by atoms with E-state index in [1.165, 1.54) is 25.0 Å². The highest BCUT2D eigenvalue weighted by molar-refractivity contribution is 5.49. The second-order valence-corrected chi connectivity index (χ2v) is 6.91. The number of halogens is 2. The van der Waals surface area contributed by atoms with E-state index in [0.29, 0.717) is 11.6 Å². The monoisotopic (exact) mass is 332 g/mol. The zero-order valence-electron chi connectivity index (χ0n) is 13.8. The Balaban J connectivity index is 1.45. The highest BCUT2D eigenvalue weighted by Gasteiger charge is 2.37. The Bertz CT molecular complexity index is 726. The third-order valence-corrected chi connectivity index (χ3v) is 5.08. The molecule has 4 rings (SSSR count). The van der Waals surface area contributed by atoms with Gasteiger partial charge in [-0.1, -0.05) is 0 Å². The molecule has 1 N–H and O–H groups in total. The number of nitrogens with one attached hydrogen (secondary N) is 1. The molecule has 2 heterocycles. The fourth-order valence-electron chi connectivity index (χ4n) is 3.63. The average Bonchev–Trinajstić information content (AvgIpc) is 3.14. The predicted octanol–water partition coefficient (Wildman–Crippen LogP) is 3.02. The minimum absolute atomic E-state index is 0.257. The van der Waals surface area contributed by atoms with Gasteiger partial charge >= 0.3 is 0 Å². The lowest BCUT2D eigenvalue weighted by Crippen LogP contribution is -2.37. The van der Waals surface area contributed by atoms with Gasteiger partial charge in [0.15, 0.2) is 0 Å². The van der Waals surface area contributed by atoms with Crippen molar-refractivity contribution in [1.82, 2.24) is 14.9 Å². The number of aromatic nitrogens is 2. The van der Waals surface area contributed by atoms with E-state index in [9.17, 15) is 8.78 Å². The number of nitrogens with zero attached hydrogens (tertiary/aromatic N) is 3. The van der Waals surface area contributed by atoms with Gasteiger partial charge in [0.1, 0.15) is 17.5 Å². The summed E-state index contributed by atoms with van der Waals surface area (Å²) < 4.78 is 29.2. The van der Waals surface area contributed by atoms with E-state index in [-0.39, 0.29) is 12.1 Å². The lowest BCUT2D eigenvalue weighted by molar-refractivity contribution is 0.396. The van der Waals surface area contributed by atoms with Crippen LogP contribution in [0.2, 0.25) is 0 Å². The number of imidazole rings is 1. The minimum Gasteiger partial charge on any atom is -0.368 e. The van der Waals surface area contributed by atoms with Crippen LogP contribution in [0.4, 0.5) is 14.5 Å². The molecule has 0 radical (unpaired) electrons. The number of hydrogen-bond acceptors (Lipinski definition) is 3. The highest BCUT2D eigenvalue weighted by atomic mass is 19.1. The second-order valence-electron chi connectivity index (χ2n) is 6.91. The molecular formula is C18H22F2N4. The van der Waals surface area contributed by atoms with Crippen LogP contribution < -0.4 is 10.2 Å². The lowest BCUT2D eigenvalue weighted by Gasteiger charge is -2.24. The van der Waals surface area contributed by atoms with Gasteiger partial charge in [-0.3, -0.25) is 0 Å². The maximum Gasteiger partial charge on any atom is 0.149 e. The van der Waals surface area contributed by atoms with Crippen molar-refractivity contribution in [3.63, 3.8) is 0 Å². The van der Waals surface area contributed by atoms with Crippen LogP contribution in [0.1, 0.15) is 31.1 Å². The van der Waals surface area contributed by atoms with Crippen molar-refractivity contribution in [3.8, 4) is 0 Å². The van der Waals surface area contributed by atoms with Gasteiger partial charge in [0.2, 0.25) is 0 Å². The third kappa shape index (κ3) is 3.02. The summed E-state index contributed by atoms with van der Waals surface area (Å²) in [6.45, 7) is 1.51. The first-order valence-electron chi connectivity index (χ1n) is 8.55. The predicted molar refractivity (Wildman–Crippen MR) is 88.8 cm³/mol. The smallest absolute Gasteiger partial charge is 0.149 e. The first-order valence-corrected chi connectivity index (χ1v) is 8.55. The van der Waals surface area contributed by atoms with Gasteiger partial charge in [-0.2, -0.15) is 0 Å². The molecule has 6 heteroatoms. The van der Waals surface area contributed by atoms with Crippen LogP contribution in [-0.2, 0) is 7.05 Å². The van der Waals surface area contributed by atoms with Crippen LogP contribution in [0.3, 0.4) is 0 Å². The van der Waals surface area contributed by atoms with Crippen LogP contribution in [0.25, 0.3) is 0 Å². The molecule has 1 saturated carbocycles. The molecule has 24 heavy (non-hydrogen) atoms. The van der Waals surface area contributed by atoms with Crippen molar-refractivity contribution in [3.05, 3.63) is 48.1 Å². The molecule has 0 spiro atoms. The van der Waals surface area contributed by atoms with Crippen LogP contribution in [0.5, 0.6) is 0 Å². The molecule has 2 aliphatic rings. The van der Waals surface area contributed by atoms with E-state index in [4.69, 9.17) is 0 Å². The van der Waals surface area contributed by atoms with Crippen molar-refractivity contribution in [2.24, 2.45) is 13.0 Å². The van der Waals surface area contributed by atoms with E-state index in [2.05, 4.69) is 14.9 Å². The average molecular weight is 332 g/mol. The summed E-state index contributed by atoms with van der Waals surface area (Å²) in [7, 11) is 2.02. The van der Waals surface area contributed by atoms with Crippen molar-refractivity contribution in [2.75, 3.05) is 18.0 Å². The van der Waals surface area contributed by atoms with Gasteiger partial charge in [-0.25, -0.2) is 13.8 Å². The Morgan fingerprint density at radius 1 is 1.25 bits per heavy atom. The van der Waals surface area contributed by atoms with Crippen molar-refractivity contribution < 1.29 is 8.78 Å². The fraction of sp³-hybridized carbons (Fsp3) is 0.500. The topological polar surface area (TPSA) is 33.1 Å². The summed E-state index contributed by atoms with van der Waals surface area (Å²) >= 11 is 0. The summed E-state index contributed by atoms with van der Waals surface area (Å²) in [6, 6.07) is 4.35. The van der Waals surface area contributed by atoms with Gasteiger partial charge in [-0.05, 0) is 37.3 Å². The number of hydrogen-bond donors (Lipinski definition) is 1. The zero-order valence-corrected chi connectivity index (χ0v) is 13.8. The zero-order chi connectivity index (χ0) is 16.7. The van der Waals surface area contributed by atoms with Crippen LogP contribution in [0, 0.1) is 17.6 Å². The first kappa shape index (κ1) is 15.6.